The van der Waals surface area contributed by atoms with Crippen molar-refractivity contribution in [1.29, 1.82) is 0 Å². The quantitative estimate of drug-likeness (QED) is 0.859. The molecule has 0 saturated heterocycles. The molecule has 100 valence electrons. The summed E-state index contributed by atoms with van der Waals surface area (Å²) in [5.74, 6) is -0.402. The summed E-state index contributed by atoms with van der Waals surface area (Å²) in [5, 5.41) is 7.41. The van der Waals surface area contributed by atoms with Gasteiger partial charge in [0, 0.05) is 12.2 Å². The molecule has 0 aliphatic rings. The molecule has 0 bridgehead atoms. The molecule has 5 nitrogen and oxygen atoms in total. The molecule has 0 aliphatic heterocycles. The standard InChI is InChI=1S/C14H18N4O/c1-10-3-5-12(6-4-10)11(2)17-13-7-16-18(8-13)9-14(15)19/h3-8,11,17H,9H2,1-2H3,(H2,15,19). The molecular formula is C14H18N4O. The Bertz CT molecular complexity index is 559. The van der Waals surface area contributed by atoms with Crippen molar-refractivity contribution < 1.29 is 4.79 Å². The minimum Gasteiger partial charge on any atom is -0.376 e. The van der Waals surface area contributed by atoms with Gasteiger partial charge in [0.15, 0.2) is 0 Å². The van der Waals surface area contributed by atoms with Gasteiger partial charge < -0.3 is 11.1 Å². The zero-order valence-electron chi connectivity index (χ0n) is 11.1. The van der Waals surface area contributed by atoms with Gasteiger partial charge in [-0.3, -0.25) is 9.48 Å². The van der Waals surface area contributed by atoms with Crippen molar-refractivity contribution in [2.24, 2.45) is 5.73 Å². The molecule has 2 rings (SSSR count). The van der Waals surface area contributed by atoms with E-state index in [0.717, 1.165) is 5.69 Å². The second-order valence-electron chi connectivity index (χ2n) is 4.67. The second-order valence-corrected chi connectivity index (χ2v) is 4.67. The zero-order chi connectivity index (χ0) is 13.8. The van der Waals surface area contributed by atoms with Crippen LogP contribution in [-0.2, 0) is 11.3 Å². The smallest absolute Gasteiger partial charge is 0.239 e. The molecule has 1 aromatic carbocycles. The minimum absolute atomic E-state index is 0.0978. The van der Waals surface area contributed by atoms with Gasteiger partial charge in [0.05, 0.1) is 11.9 Å². The van der Waals surface area contributed by atoms with Gasteiger partial charge in [-0.25, -0.2) is 0 Å². The van der Waals surface area contributed by atoms with Gasteiger partial charge in [0.2, 0.25) is 5.91 Å². The lowest BCUT2D eigenvalue weighted by molar-refractivity contribution is -0.118. The zero-order valence-corrected chi connectivity index (χ0v) is 11.1. The Morgan fingerprint density at radius 2 is 2.11 bits per heavy atom. The maximum absolute atomic E-state index is 10.8. The number of hydrogen-bond acceptors (Lipinski definition) is 3. The molecule has 1 aromatic heterocycles. The van der Waals surface area contributed by atoms with Crippen molar-refractivity contribution in [3.05, 3.63) is 47.8 Å². The maximum atomic E-state index is 10.8. The molecule has 0 fully saturated rings. The molecule has 0 spiro atoms. The number of aromatic nitrogens is 2. The molecule has 0 radical (unpaired) electrons. The number of nitrogens with zero attached hydrogens (tertiary/aromatic N) is 2. The van der Waals surface area contributed by atoms with Crippen molar-refractivity contribution in [2.45, 2.75) is 26.4 Å². The number of amides is 1. The van der Waals surface area contributed by atoms with E-state index in [0.29, 0.717) is 0 Å². The first-order valence-corrected chi connectivity index (χ1v) is 6.18. The number of hydrogen-bond donors (Lipinski definition) is 2. The molecule has 0 saturated carbocycles. The van der Waals surface area contributed by atoms with Crippen molar-refractivity contribution >= 4 is 11.6 Å². The largest absolute Gasteiger partial charge is 0.376 e. The Balaban J connectivity index is 2.02. The maximum Gasteiger partial charge on any atom is 0.239 e. The van der Waals surface area contributed by atoms with Crippen LogP contribution in [0.25, 0.3) is 0 Å². The Kier molecular flexibility index (Phi) is 3.85. The predicted octanol–water partition coefficient (Wildman–Crippen LogP) is 1.85. The second kappa shape index (κ2) is 5.56. The van der Waals surface area contributed by atoms with Gasteiger partial charge in [0.25, 0.3) is 0 Å². The number of aryl methyl sites for hydroxylation is 1. The first-order valence-electron chi connectivity index (χ1n) is 6.18. The summed E-state index contributed by atoms with van der Waals surface area (Å²) in [5.41, 5.74) is 8.43. The number of carbonyl (C=O) groups excluding carboxylic acids is 1. The highest BCUT2D eigenvalue weighted by atomic mass is 16.1. The van der Waals surface area contributed by atoms with E-state index in [4.69, 9.17) is 5.73 Å². The number of benzene rings is 1. The van der Waals surface area contributed by atoms with E-state index in [1.165, 1.54) is 15.8 Å². The van der Waals surface area contributed by atoms with E-state index in [2.05, 4.69) is 48.5 Å². The summed E-state index contributed by atoms with van der Waals surface area (Å²) in [4.78, 5) is 10.8. The van der Waals surface area contributed by atoms with E-state index in [-0.39, 0.29) is 12.6 Å². The van der Waals surface area contributed by atoms with Gasteiger partial charge >= 0.3 is 0 Å². The van der Waals surface area contributed by atoms with E-state index >= 15 is 0 Å². The summed E-state index contributed by atoms with van der Waals surface area (Å²) in [6.45, 7) is 4.24. The number of primary amides is 1. The van der Waals surface area contributed by atoms with E-state index in [1.807, 2.05) is 0 Å². The summed E-state index contributed by atoms with van der Waals surface area (Å²) < 4.78 is 1.52. The van der Waals surface area contributed by atoms with E-state index in [1.54, 1.807) is 12.4 Å². The van der Waals surface area contributed by atoms with Gasteiger partial charge in [-0.2, -0.15) is 5.10 Å². The van der Waals surface area contributed by atoms with Crippen LogP contribution < -0.4 is 11.1 Å². The predicted molar refractivity (Wildman–Crippen MR) is 74.6 cm³/mol. The highest BCUT2D eigenvalue weighted by Gasteiger charge is 2.07. The lowest BCUT2D eigenvalue weighted by Crippen LogP contribution is -2.18. The molecule has 0 aliphatic carbocycles. The van der Waals surface area contributed by atoms with Crippen LogP contribution in [0.3, 0.4) is 0 Å². The van der Waals surface area contributed by atoms with Crippen LogP contribution >= 0.6 is 0 Å². The van der Waals surface area contributed by atoms with Gasteiger partial charge in [-0.1, -0.05) is 29.8 Å². The van der Waals surface area contributed by atoms with Crippen LogP contribution in [0.15, 0.2) is 36.7 Å². The third-order valence-electron chi connectivity index (χ3n) is 2.91. The van der Waals surface area contributed by atoms with Crippen LogP contribution in [0.4, 0.5) is 5.69 Å². The highest BCUT2D eigenvalue weighted by Crippen LogP contribution is 2.18. The lowest BCUT2D eigenvalue weighted by atomic mass is 10.1. The van der Waals surface area contributed by atoms with Crippen LogP contribution in [0.5, 0.6) is 0 Å². The molecule has 1 amide bonds. The molecule has 2 aromatic rings. The van der Waals surface area contributed by atoms with Gasteiger partial charge in [0.1, 0.15) is 6.54 Å². The summed E-state index contributed by atoms with van der Waals surface area (Å²) in [6.07, 6.45) is 3.46. The van der Waals surface area contributed by atoms with Crippen molar-refractivity contribution in [3.8, 4) is 0 Å². The van der Waals surface area contributed by atoms with Crippen molar-refractivity contribution in [1.82, 2.24) is 9.78 Å². The molecule has 19 heavy (non-hydrogen) atoms. The molecule has 1 atom stereocenters. The van der Waals surface area contributed by atoms with Crippen LogP contribution in [-0.4, -0.2) is 15.7 Å². The molecule has 1 unspecified atom stereocenters. The minimum atomic E-state index is -0.402. The topological polar surface area (TPSA) is 72.9 Å². The Morgan fingerprint density at radius 3 is 2.74 bits per heavy atom. The van der Waals surface area contributed by atoms with Gasteiger partial charge in [-0.05, 0) is 19.4 Å². The number of rotatable bonds is 5. The van der Waals surface area contributed by atoms with Crippen molar-refractivity contribution in [3.63, 3.8) is 0 Å². The number of carbonyl (C=O) groups is 1. The third-order valence-corrected chi connectivity index (χ3v) is 2.91. The normalized spacial score (nSPS) is 12.1. The van der Waals surface area contributed by atoms with Crippen LogP contribution in [0.1, 0.15) is 24.1 Å². The first-order chi connectivity index (χ1) is 9.04. The Morgan fingerprint density at radius 1 is 1.42 bits per heavy atom. The van der Waals surface area contributed by atoms with Crippen LogP contribution in [0.2, 0.25) is 0 Å². The highest BCUT2D eigenvalue weighted by molar-refractivity contribution is 5.73. The van der Waals surface area contributed by atoms with Gasteiger partial charge in [-0.15, -0.1) is 0 Å². The summed E-state index contributed by atoms with van der Waals surface area (Å²) in [7, 11) is 0. The van der Waals surface area contributed by atoms with E-state index < -0.39 is 5.91 Å². The Labute approximate surface area is 112 Å². The number of anilines is 1. The molecular weight excluding hydrogens is 240 g/mol. The molecule has 5 heteroatoms. The number of nitrogens with one attached hydrogen (secondary N) is 1. The molecule has 3 N–H and O–H groups in total. The SMILES string of the molecule is Cc1ccc(C(C)Nc2cnn(CC(N)=O)c2)cc1. The number of nitrogens with two attached hydrogens (primary N) is 1. The van der Waals surface area contributed by atoms with Crippen LogP contribution in [0, 0.1) is 6.92 Å². The molecule has 1 heterocycles. The fourth-order valence-corrected chi connectivity index (χ4v) is 1.87. The first kappa shape index (κ1) is 13.1. The summed E-state index contributed by atoms with van der Waals surface area (Å²) >= 11 is 0. The summed E-state index contributed by atoms with van der Waals surface area (Å²) in [6, 6.07) is 8.54. The lowest BCUT2D eigenvalue weighted by Gasteiger charge is -2.14. The average Bonchev–Trinajstić information content (AvgIpc) is 2.76. The third kappa shape index (κ3) is 3.58. The Hall–Kier alpha value is -2.30. The monoisotopic (exact) mass is 258 g/mol. The van der Waals surface area contributed by atoms with E-state index in [9.17, 15) is 4.79 Å². The average molecular weight is 258 g/mol. The fourth-order valence-electron chi connectivity index (χ4n) is 1.87. The van der Waals surface area contributed by atoms with Crippen molar-refractivity contribution in [2.75, 3.05) is 5.32 Å². The fraction of sp³-hybridized carbons (Fsp3) is 0.286.